The highest BCUT2D eigenvalue weighted by atomic mass is 35.5. The summed E-state index contributed by atoms with van der Waals surface area (Å²) in [7, 11) is -4.57. The molecule has 7 nitrogen and oxygen atoms in total. The van der Waals surface area contributed by atoms with Crippen molar-refractivity contribution in [1.29, 1.82) is 0 Å². The van der Waals surface area contributed by atoms with Gasteiger partial charge in [-0.1, -0.05) is 66.9 Å². The van der Waals surface area contributed by atoms with Crippen LogP contribution in [0.25, 0.3) is 0 Å². The lowest BCUT2D eigenvalue weighted by Gasteiger charge is -2.32. The SMILES string of the molecule is Cc1ccc(S(=O)(=O)N(CC(=O)N(Cc2cccc(Cl)c2)[C@H](C)C(=O)NCC(C)C)c2ccc(Cl)c(C(F)(F)F)c2)cc1. The van der Waals surface area contributed by atoms with Crippen LogP contribution in [0.3, 0.4) is 0 Å². The first kappa shape index (κ1) is 34.2. The van der Waals surface area contributed by atoms with E-state index in [1.807, 2.05) is 13.8 Å². The second-order valence-corrected chi connectivity index (χ2v) is 13.2. The molecule has 0 saturated carbocycles. The lowest BCUT2D eigenvalue weighted by molar-refractivity contribution is -0.139. The number of amides is 2. The third-order valence-electron chi connectivity index (χ3n) is 6.52. The number of hydrogen-bond donors (Lipinski definition) is 1. The second-order valence-electron chi connectivity index (χ2n) is 10.5. The van der Waals surface area contributed by atoms with Crippen LogP contribution in [0.5, 0.6) is 0 Å². The van der Waals surface area contributed by atoms with E-state index in [4.69, 9.17) is 23.2 Å². The Morgan fingerprint density at radius 3 is 2.19 bits per heavy atom. The summed E-state index contributed by atoms with van der Waals surface area (Å²) in [6.45, 7) is 6.33. The number of carbonyl (C=O) groups excluding carboxylic acids is 2. The maximum Gasteiger partial charge on any atom is 0.417 e. The van der Waals surface area contributed by atoms with Gasteiger partial charge < -0.3 is 10.2 Å². The topological polar surface area (TPSA) is 86.8 Å². The molecule has 0 aliphatic heterocycles. The maximum absolute atomic E-state index is 13.9. The Bertz CT molecular complexity index is 1570. The largest absolute Gasteiger partial charge is 0.417 e. The summed E-state index contributed by atoms with van der Waals surface area (Å²) in [6.07, 6.45) is -4.89. The minimum absolute atomic E-state index is 0.121. The minimum atomic E-state index is -4.89. The first-order chi connectivity index (χ1) is 20.0. The molecule has 0 saturated heterocycles. The molecule has 1 N–H and O–H groups in total. The summed E-state index contributed by atoms with van der Waals surface area (Å²) in [6, 6.07) is 13.8. The molecule has 3 rings (SSSR count). The highest BCUT2D eigenvalue weighted by Gasteiger charge is 2.37. The van der Waals surface area contributed by atoms with Gasteiger partial charge in [0.15, 0.2) is 0 Å². The van der Waals surface area contributed by atoms with Gasteiger partial charge in [0.25, 0.3) is 10.0 Å². The summed E-state index contributed by atoms with van der Waals surface area (Å²) in [4.78, 5) is 27.9. The number of hydrogen-bond acceptors (Lipinski definition) is 4. The van der Waals surface area contributed by atoms with Crippen LogP contribution >= 0.6 is 23.2 Å². The van der Waals surface area contributed by atoms with E-state index in [1.54, 1.807) is 31.2 Å². The first-order valence-corrected chi connectivity index (χ1v) is 15.5. The van der Waals surface area contributed by atoms with Crippen LogP contribution in [0, 0.1) is 12.8 Å². The predicted molar refractivity (Wildman–Crippen MR) is 161 cm³/mol. The second kappa shape index (κ2) is 14.0. The van der Waals surface area contributed by atoms with Gasteiger partial charge in [-0.25, -0.2) is 8.42 Å². The van der Waals surface area contributed by atoms with Crippen molar-refractivity contribution in [2.75, 3.05) is 17.4 Å². The van der Waals surface area contributed by atoms with E-state index < -0.39 is 56.9 Å². The average Bonchev–Trinajstić information content (AvgIpc) is 2.92. The third-order valence-corrected chi connectivity index (χ3v) is 8.88. The quantitative estimate of drug-likeness (QED) is 0.248. The van der Waals surface area contributed by atoms with Gasteiger partial charge in [0.05, 0.1) is 21.2 Å². The van der Waals surface area contributed by atoms with Crippen molar-refractivity contribution in [1.82, 2.24) is 10.2 Å². The van der Waals surface area contributed by atoms with Crippen molar-refractivity contribution in [3.05, 3.63) is 93.5 Å². The number of nitrogens with one attached hydrogen (secondary N) is 1. The monoisotopic (exact) mass is 657 g/mol. The maximum atomic E-state index is 13.9. The van der Waals surface area contributed by atoms with Crippen LogP contribution in [0.2, 0.25) is 10.0 Å². The van der Waals surface area contributed by atoms with Crippen LogP contribution in [-0.4, -0.2) is 44.3 Å². The Labute approximate surface area is 259 Å². The summed E-state index contributed by atoms with van der Waals surface area (Å²) in [5, 5.41) is 2.51. The molecule has 43 heavy (non-hydrogen) atoms. The zero-order valence-corrected chi connectivity index (χ0v) is 26.3. The molecule has 0 bridgehead atoms. The van der Waals surface area contributed by atoms with Crippen LogP contribution in [0.4, 0.5) is 18.9 Å². The number of nitrogens with zero attached hydrogens (tertiary/aromatic N) is 2. The molecule has 0 spiro atoms. The van der Waals surface area contributed by atoms with Gasteiger partial charge in [-0.3, -0.25) is 13.9 Å². The fraction of sp³-hybridized carbons (Fsp3) is 0.333. The number of halogens is 5. The molecule has 2 amide bonds. The molecular formula is C30H32Cl2F3N3O4S. The van der Waals surface area contributed by atoms with Gasteiger partial charge in [0.1, 0.15) is 12.6 Å². The van der Waals surface area contributed by atoms with Gasteiger partial charge in [-0.15, -0.1) is 0 Å². The third kappa shape index (κ3) is 8.87. The van der Waals surface area contributed by atoms with Gasteiger partial charge in [-0.05, 0) is 67.8 Å². The predicted octanol–water partition coefficient (Wildman–Crippen LogP) is 6.71. The molecule has 0 fully saturated rings. The molecule has 0 aromatic heterocycles. The van der Waals surface area contributed by atoms with E-state index in [2.05, 4.69) is 5.32 Å². The minimum Gasteiger partial charge on any atom is -0.354 e. The van der Waals surface area contributed by atoms with Crippen LogP contribution in [0.1, 0.15) is 37.5 Å². The van der Waals surface area contributed by atoms with Gasteiger partial charge in [0, 0.05) is 18.1 Å². The number of alkyl halides is 3. The van der Waals surface area contributed by atoms with E-state index in [-0.39, 0.29) is 17.4 Å². The molecule has 1 atom stereocenters. The van der Waals surface area contributed by atoms with Crippen molar-refractivity contribution in [3.63, 3.8) is 0 Å². The molecule has 0 heterocycles. The first-order valence-electron chi connectivity index (χ1n) is 13.3. The van der Waals surface area contributed by atoms with Crippen LogP contribution in [0.15, 0.2) is 71.6 Å². The van der Waals surface area contributed by atoms with E-state index in [9.17, 15) is 31.2 Å². The molecule has 0 radical (unpaired) electrons. The van der Waals surface area contributed by atoms with Gasteiger partial charge >= 0.3 is 6.18 Å². The fourth-order valence-corrected chi connectivity index (χ4v) is 5.96. The number of benzene rings is 3. The van der Waals surface area contributed by atoms with Crippen molar-refractivity contribution in [2.24, 2.45) is 5.92 Å². The van der Waals surface area contributed by atoms with Crippen molar-refractivity contribution in [2.45, 2.75) is 51.4 Å². The number of rotatable bonds is 11. The van der Waals surface area contributed by atoms with E-state index in [0.717, 1.165) is 17.7 Å². The fourth-order valence-electron chi connectivity index (χ4n) is 4.12. The Morgan fingerprint density at radius 1 is 0.953 bits per heavy atom. The molecule has 232 valence electrons. The molecule has 3 aromatic rings. The Morgan fingerprint density at radius 2 is 1.60 bits per heavy atom. The highest BCUT2D eigenvalue weighted by molar-refractivity contribution is 7.92. The lowest BCUT2D eigenvalue weighted by atomic mass is 10.1. The normalized spacial score (nSPS) is 12.6. The lowest BCUT2D eigenvalue weighted by Crippen LogP contribution is -2.51. The van der Waals surface area contributed by atoms with E-state index >= 15 is 0 Å². The average molecular weight is 659 g/mol. The van der Waals surface area contributed by atoms with Crippen LogP contribution in [-0.2, 0) is 32.3 Å². The molecular weight excluding hydrogens is 626 g/mol. The summed E-state index contributed by atoms with van der Waals surface area (Å²) >= 11 is 11.9. The Balaban J connectivity index is 2.11. The van der Waals surface area contributed by atoms with E-state index in [0.29, 0.717) is 27.5 Å². The number of anilines is 1. The summed E-state index contributed by atoms with van der Waals surface area (Å²) < 4.78 is 69.6. The summed E-state index contributed by atoms with van der Waals surface area (Å²) in [5.74, 6) is -1.19. The molecule has 0 aliphatic rings. The standard InChI is InChI=1S/C30H32Cl2F3N3O4S/c1-19(2)16-36-29(40)21(4)37(17-22-6-5-7-23(31)14-22)28(39)18-38(43(41,42)25-11-8-20(3)9-12-25)24-10-13-27(32)26(15-24)30(33,34)35/h5-15,19,21H,16-18H2,1-4H3,(H,36,40)/t21-/m1/s1. The smallest absolute Gasteiger partial charge is 0.354 e. The zero-order valence-electron chi connectivity index (χ0n) is 24.0. The molecule has 3 aromatic carbocycles. The van der Waals surface area contributed by atoms with Gasteiger partial charge in [-0.2, -0.15) is 13.2 Å². The van der Waals surface area contributed by atoms with Crippen molar-refractivity contribution >= 4 is 50.7 Å². The Kier molecular flexibility index (Phi) is 11.1. The van der Waals surface area contributed by atoms with E-state index in [1.165, 1.54) is 36.1 Å². The Hall–Kier alpha value is -3.28. The highest BCUT2D eigenvalue weighted by Crippen LogP contribution is 2.38. The van der Waals surface area contributed by atoms with Crippen molar-refractivity contribution < 1.29 is 31.2 Å². The van der Waals surface area contributed by atoms with Crippen molar-refractivity contribution in [3.8, 4) is 0 Å². The van der Waals surface area contributed by atoms with Gasteiger partial charge in [0.2, 0.25) is 11.8 Å². The summed E-state index contributed by atoms with van der Waals surface area (Å²) in [5.41, 5.74) is -0.379. The number of aryl methyl sites for hydroxylation is 1. The number of carbonyl (C=O) groups is 2. The zero-order chi connectivity index (χ0) is 32.1. The molecule has 0 unspecified atom stereocenters. The molecule has 13 heteroatoms. The molecule has 0 aliphatic carbocycles. The van der Waals surface area contributed by atoms with Crippen LogP contribution < -0.4 is 9.62 Å². The number of sulfonamides is 1.